The summed E-state index contributed by atoms with van der Waals surface area (Å²) in [5.41, 5.74) is -0.449. The van der Waals surface area contributed by atoms with Crippen molar-refractivity contribution in [3.63, 3.8) is 0 Å². The molecular formula is C2H5PS6. The molecule has 7 heteroatoms. The second kappa shape index (κ2) is 5.29. The largest absolute Gasteiger partial charge is 0.0565 e. The van der Waals surface area contributed by atoms with E-state index in [9.17, 15) is 0 Å². The van der Waals surface area contributed by atoms with Gasteiger partial charge in [0.1, 0.15) is 0 Å². The van der Waals surface area contributed by atoms with Crippen LogP contribution in [0.4, 0.5) is 0 Å². The van der Waals surface area contributed by atoms with Gasteiger partial charge in [0, 0.05) is 11.6 Å². The van der Waals surface area contributed by atoms with Gasteiger partial charge in [-0.2, -0.15) is 0 Å². The Morgan fingerprint density at radius 1 is 1.33 bits per heavy atom. The minimum absolute atomic E-state index is 0.246. The lowest BCUT2D eigenvalue weighted by molar-refractivity contribution is 1.53. The second-order valence-corrected chi connectivity index (χ2v) is 16.7. The molecule has 1 atom stereocenters. The fraction of sp³-hybridized carbons (Fsp3) is 1.00. The van der Waals surface area contributed by atoms with Crippen LogP contribution in [0.1, 0.15) is 6.92 Å². The van der Waals surface area contributed by atoms with Crippen molar-refractivity contribution in [1.82, 2.24) is 0 Å². The SMILES string of the molecule is CCP(=S)=S(=S)=S(=S)=S. The lowest BCUT2D eigenvalue weighted by Crippen LogP contribution is -1.55. The van der Waals surface area contributed by atoms with Gasteiger partial charge in [-0.1, -0.05) is 18.7 Å². The molecular weight excluding hydrogens is 247 g/mol. The highest BCUT2D eigenvalue weighted by Gasteiger charge is 1.70. The third-order valence-electron chi connectivity index (χ3n) is 0.541. The summed E-state index contributed by atoms with van der Waals surface area (Å²) in [5.74, 6) is 0. The molecule has 0 rings (SSSR count). The highest BCUT2D eigenvalue weighted by atomic mass is 33.4. The van der Waals surface area contributed by atoms with Gasteiger partial charge < -0.3 is 0 Å². The minimum Gasteiger partial charge on any atom is -0.0565 e. The molecule has 54 valence electrons. The fourth-order valence-corrected chi connectivity index (χ4v) is 12.4. The Kier molecular flexibility index (Phi) is 6.25. The molecule has 0 N–H and O–H groups in total. The minimum atomic E-state index is -0.456. The molecule has 0 saturated heterocycles. The van der Waals surface area contributed by atoms with E-state index >= 15 is 0 Å². The first-order chi connectivity index (χ1) is 4.09. The van der Waals surface area contributed by atoms with Crippen molar-refractivity contribution in [3.05, 3.63) is 0 Å². The zero-order valence-corrected chi connectivity index (χ0v) is 10.4. The first-order valence-corrected chi connectivity index (χ1v) is 10.9. The first-order valence-electron chi connectivity index (χ1n) is 2.06. The molecule has 0 aromatic heterocycles. The van der Waals surface area contributed by atoms with E-state index in [2.05, 4.69) is 0 Å². The molecule has 0 aliphatic carbocycles. The molecule has 0 spiro atoms. The lowest BCUT2D eigenvalue weighted by Gasteiger charge is -1.71. The number of hydrogen-bond acceptors (Lipinski definition) is 4. The summed E-state index contributed by atoms with van der Waals surface area (Å²) in [6.07, 6.45) is 0.980. The molecule has 0 radical (unpaired) electrons. The average molecular weight is 252 g/mol. The van der Waals surface area contributed by atoms with Crippen molar-refractivity contribution in [1.29, 1.82) is 0 Å². The predicted octanol–water partition coefficient (Wildman–Crippen LogP) is 1.40. The van der Waals surface area contributed by atoms with E-state index in [1.807, 2.05) is 6.92 Å². The Bertz CT molecular complexity index is 353. The Hall–Kier alpha value is 1.62. The Morgan fingerprint density at radius 3 is 1.89 bits per heavy atom. The van der Waals surface area contributed by atoms with Crippen LogP contribution >= 0.6 is 5.47 Å². The van der Waals surface area contributed by atoms with Gasteiger partial charge in [0.2, 0.25) is 0 Å². The third-order valence-corrected chi connectivity index (χ3v) is 19.5. The van der Waals surface area contributed by atoms with Crippen LogP contribution in [-0.2, 0) is 59.1 Å². The molecule has 0 aliphatic rings. The molecule has 0 amide bonds. The highest BCUT2D eigenvalue weighted by Crippen LogP contribution is 2.04. The second-order valence-electron chi connectivity index (χ2n) is 1.07. The Labute approximate surface area is 77.0 Å². The van der Waals surface area contributed by atoms with Gasteiger partial charge in [-0.05, 0) is 47.3 Å². The Balaban J connectivity index is 5.89. The molecule has 0 fully saturated rings. The monoisotopic (exact) mass is 252 g/mol. The summed E-state index contributed by atoms with van der Waals surface area (Å²) >= 11 is 19.8. The summed E-state index contributed by atoms with van der Waals surface area (Å²) in [4.78, 5) is 0. The molecule has 0 aromatic carbocycles. The van der Waals surface area contributed by atoms with Gasteiger partial charge >= 0.3 is 0 Å². The maximum absolute atomic E-state index is 5.08. The van der Waals surface area contributed by atoms with E-state index in [1.165, 1.54) is 0 Å². The third kappa shape index (κ3) is 4.14. The quantitative estimate of drug-likeness (QED) is 0.647. The van der Waals surface area contributed by atoms with Crippen LogP contribution in [0.25, 0.3) is 0 Å². The molecule has 0 heterocycles. The molecule has 0 aromatic rings. The summed E-state index contributed by atoms with van der Waals surface area (Å²) in [6, 6.07) is 0. The van der Waals surface area contributed by atoms with Crippen molar-refractivity contribution >= 4 is 64.6 Å². The highest BCUT2D eigenvalue weighted by molar-refractivity contribution is 8.79. The van der Waals surface area contributed by atoms with Crippen LogP contribution in [0.5, 0.6) is 0 Å². The van der Waals surface area contributed by atoms with Gasteiger partial charge in [0.15, 0.2) is 0 Å². The maximum atomic E-state index is 5.08. The maximum Gasteiger partial charge on any atom is 0.0110 e. The van der Waals surface area contributed by atoms with Crippen molar-refractivity contribution in [2.45, 2.75) is 6.92 Å². The van der Waals surface area contributed by atoms with Crippen molar-refractivity contribution in [3.8, 4) is 0 Å². The molecule has 1 unspecified atom stereocenters. The summed E-state index contributed by atoms with van der Waals surface area (Å²) in [6.45, 7) is 1.59. The van der Waals surface area contributed by atoms with E-state index < -0.39 is 12.0 Å². The van der Waals surface area contributed by atoms with E-state index in [4.69, 9.17) is 45.4 Å². The van der Waals surface area contributed by atoms with Crippen LogP contribution in [0.3, 0.4) is 0 Å². The molecule has 0 nitrogen and oxygen atoms in total. The van der Waals surface area contributed by atoms with Crippen molar-refractivity contribution in [2.75, 3.05) is 6.16 Å². The normalized spacial score (nSPS) is 10.6. The molecule has 0 bridgehead atoms. The van der Waals surface area contributed by atoms with Crippen molar-refractivity contribution in [2.24, 2.45) is 0 Å². The van der Waals surface area contributed by atoms with Crippen LogP contribution in [-0.4, -0.2) is 6.16 Å². The van der Waals surface area contributed by atoms with Gasteiger partial charge in [-0.3, -0.25) is 0 Å². The van der Waals surface area contributed by atoms with E-state index in [1.54, 1.807) is 0 Å². The Morgan fingerprint density at radius 2 is 1.78 bits per heavy atom. The smallest absolute Gasteiger partial charge is 0.0110 e. The van der Waals surface area contributed by atoms with Gasteiger partial charge in [-0.25, -0.2) is 0 Å². The number of hydrogen-bond donors (Lipinski definition) is 0. The van der Waals surface area contributed by atoms with Gasteiger partial charge in [-0.15, -0.1) is 0 Å². The van der Waals surface area contributed by atoms with Gasteiger partial charge in [0.25, 0.3) is 0 Å². The summed E-state index contributed by atoms with van der Waals surface area (Å²) in [7, 11) is -0.246. The first kappa shape index (κ1) is 10.6. The molecule has 0 saturated carbocycles. The standard InChI is InChI=1S/C2H5PS6/c1-2-3(4)8(5)9(6)7/h2H2,1H3. The summed E-state index contributed by atoms with van der Waals surface area (Å²) in [5, 5.41) is 0. The topological polar surface area (TPSA) is 0 Å². The zero-order chi connectivity index (χ0) is 7.44. The van der Waals surface area contributed by atoms with E-state index in [0.717, 1.165) is 6.16 Å². The van der Waals surface area contributed by atoms with Crippen LogP contribution in [0.15, 0.2) is 0 Å². The van der Waals surface area contributed by atoms with E-state index in [0.29, 0.717) is 0 Å². The molecule has 0 aliphatic heterocycles. The van der Waals surface area contributed by atoms with Crippen LogP contribution < -0.4 is 0 Å². The predicted molar refractivity (Wildman–Crippen MR) is 61.7 cm³/mol. The summed E-state index contributed by atoms with van der Waals surface area (Å²) < 4.78 is 0. The zero-order valence-electron chi connectivity index (χ0n) is 4.60. The fourth-order valence-electron chi connectivity index (χ4n) is 0.173. The van der Waals surface area contributed by atoms with Crippen molar-refractivity contribution < 1.29 is 0 Å². The lowest BCUT2D eigenvalue weighted by atomic mass is 11.0. The van der Waals surface area contributed by atoms with Gasteiger partial charge in [0.05, 0.1) is 0 Å². The molecule has 9 heavy (non-hydrogen) atoms. The average Bonchev–Trinajstić information content (AvgIpc) is 1.84. The van der Waals surface area contributed by atoms with Crippen LogP contribution in [0, 0.1) is 0 Å². The van der Waals surface area contributed by atoms with Crippen LogP contribution in [0.2, 0.25) is 0 Å². The number of rotatable bonds is 1. The van der Waals surface area contributed by atoms with E-state index in [-0.39, 0.29) is 7.19 Å².